The van der Waals surface area contributed by atoms with Crippen LogP contribution in [0.5, 0.6) is 0 Å². The lowest BCUT2D eigenvalue weighted by Crippen LogP contribution is -2.34. The molecule has 1 aromatic rings. The molecule has 1 rings (SSSR count). The number of carbonyl (C=O) groups is 2. The first-order valence-corrected chi connectivity index (χ1v) is 6.54. The molecule has 1 unspecified atom stereocenters. The van der Waals surface area contributed by atoms with E-state index in [0.717, 1.165) is 11.1 Å². The fraction of sp³-hybridized carbons (Fsp3) is 0.467. The van der Waals surface area contributed by atoms with Crippen molar-refractivity contribution >= 4 is 11.9 Å². The van der Waals surface area contributed by atoms with Crippen LogP contribution in [0.15, 0.2) is 18.2 Å². The number of amides is 1. The van der Waals surface area contributed by atoms with Gasteiger partial charge < -0.3 is 15.2 Å². The lowest BCUT2D eigenvalue weighted by Gasteiger charge is -2.18. The zero-order chi connectivity index (χ0) is 15.1. The zero-order valence-corrected chi connectivity index (χ0v) is 12.1. The Balaban J connectivity index is 2.82. The molecule has 0 heterocycles. The van der Waals surface area contributed by atoms with E-state index in [1.165, 1.54) is 0 Å². The predicted octanol–water partition coefficient (Wildman–Crippen LogP) is 1.97. The number of methoxy groups -OCH3 is 1. The molecule has 0 saturated heterocycles. The quantitative estimate of drug-likeness (QED) is 0.748. The van der Waals surface area contributed by atoms with Crippen molar-refractivity contribution in [1.82, 2.24) is 5.32 Å². The molecule has 0 fully saturated rings. The second-order valence-electron chi connectivity index (χ2n) is 4.72. The SMILES string of the molecule is COCCCC(=O)NC(C(=O)O)c1cccc(C)c1C. The highest BCUT2D eigenvalue weighted by Crippen LogP contribution is 2.21. The van der Waals surface area contributed by atoms with Gasteiger partial charge in [-0.3, -0.25) is 4.79 Å². The summed E-state index contributed by atoms with van der Waals surface area (Å²) >= 11 is 0. The van der Waals surface area contributed by atoms with Gasteiger partial charge in [0.25, 0.3) is 0 Å². The Labute approximate surface area is 118 Å². The second-order valence-corrected chi connectivity index (χ2v) is 4.72. The number of ether oxygens (including phenoxy) is 1. The Hall–Kier alpha value is -1.88. The summed E-state index contributed by atoms with van der Waals surface area (Å²) in [5.41, 5.74) is 2.51. The molecule has 2 N–H and O–H groups in total. The monoisotopic (exact) mass is 279 g/mol. The third-order valence-corrected chi connectivity index (χ3v) is 3.26. The molecule has 0 radical (unpaired) electrons. The van der Waals surface area contributed by atoms with Gasteiger partial charge in [0.05, 0.1) is 0 Å². The van der Waals surface area contributed by atoms with Crippen LogP contribution < -0.4 is 5.32 Å². The van der Waals surface area contributed by atoms with Crippen LogP contribution >= 0.6 is 0 Å². The summed E-state index contributed by atoms with van der Waals surface area (Å²) < 4.78 is 4.87. The van der Waals surface area contributed by atoms with Crippen LogP contribution in [0.4, 0.5) is 0 Å². The predicted molar refractivity (Wildman–Crippen MR) is 75.5 cm³/mol. The summed E-state index contributed by atoms with van der Waals surface area (Å²) in [6, 6.07) is 4.43. The highest BCUT2D eigenvalue weighted by Gasteiger charge is 2.23. The van der Waals surface area contributed by atoms with Gasteiger partial charge in [0, 0.05) is 20.1 Å². The average Bonchev–Trinajstić information content (AvgIpc) is 2.40. The Morgan fingerprint density at radius 3 is 2.65 bits per heavy atom. The zero-order valence-electron chi connectivity index (χ0n) is 12.1. The van der Waals surface area contributed by atoms with Crippen LogP contribution in [-0.4, -0.2) is 30.7 Å². The van der Waals surface area contributed by atoms with E-state index < -0.39 is 12.0 Å². The Morgan fingerprint density at radius 1 is 1.35 bits per heavy atom. The van der Waals surface area contributed by atoms with Crippen molar-refractivity contribution in [2.75, 3.05) is 13.7 Å². The first kappa shape index (κ1) is 16.2. The van der Waals surface area contributed by atoms with Crippen molar-refractivity contribution in [3.8, 4) is 0 Å². The van der Waals surface area contributed by atoms with Crippen molar-refractivity contribution in [2.24, 2.45) is 0 Å². The van der Waals surface area contributed by atoms with E-state index in [1.807, 2.05) is 19.9 Å². The smallest absolute Gasteiger partial charge is 0.330 e. The topological polar surface area (TPSA) is 75.6 Å². The lowest BCUT2D eigenvalue weighted by molar-refractivity contribution is -0.142. The minimum absolute atomic E-state index is 0.252. The van der Waals surface area contributed by atoms with Gasteiger partial charge in [-0.1, -0.05) is 18.2 Å². The molecule has 1 atom stereocenters. The number of carboxylic acid groups (broad SMARTS) is 1. The van der Waals surface area contributed by atoms with Crippen LogP contribution in [0.1, 0.15) is 35.6 Å². The van der Waals surface area contributed by atoms with Crippen LogP contribution in [-0.2, 0) is 14.3 Å². The molecule has 5 nitrogen and oxygen atoms in total. The number of carboxylic acids is 1. The van der Waals surface area contributed by atoms with Gasteiger partial charge >= 0.3 is 5.97 Å². The summed E-state index contributed by atoms with van der Waals surface area (Å²) in [5.74, 6) is -1.34. The van der Waals surface area contributed by atoms with Gasteiger partial charge in [-0.2, -0.15) is 0 Å². The van der Waals surface area contributed by atoms with Gasteiger partial charge in [0.1, 0.15) is 0 Å². The number of aliphatic carboxylic acids is 1. The van der Waals surface area contributed by atoms with Crippen LogP contribution in [0, 0.1) is 13.8 Å². The molecule has 0 aliphatic rings. The molecule has 5 heteroatoms. The van der Waals surface area contributed by atoms with Gasteiger partial charge in [0.15, 0.2) is 6.04 Å². The molecular formula is C15H21NO4. The molecule has 1 amide bonds. The molecule has 0 aliphatic heterocycles. The van der Waals surface area contributed by atoms with Gasteiger partial charge in [-0.05, 0) is 37.0 Å². The van der Waals surface area contributed by atoms with E-state index in [-0.39, 0.29) is 12.3 Å². The summed E-state index contributed by atoms with van der Waals surface area (Å²) in [7, 11) is 1.56. The second kappa shape index (κ2) is 7.65. The molecule has 0 aliphatic carbocycles. The van der Waals surface area contributed by atoms with Crippen molar-refractivity contribution in [3.05, 3.63) is 34.9 Å². The molecular weight excluding hydrogens is 258 g/mol. The Kier molecular flexibility index (Phi) is 6.18. The maximum absolute atomic E-state index is 11.8. The number of nitrogens with one attached hydrogen (secondary N) is 1. The van der Waals surface area contributed by atoms with E-state index in [2.05, 4.69) is 5.32 Å². The van der Waals surface area contributed by atoms with Crippen molar-refractivity contribution < 1.29 is 19.4 Å². The Bertz CT molecular complexity index is 485. The lowest BCUT2D eigenvalue weighted by atomic mass is 9.97. The number of rotatable bonds is 7. The van der Waals surface area contributed by atoms with E-state index in [9.17, 15) is 14.7 Å². The first-order valence-electron chi connectivity index (χ1n) is 6.54. The minimum atomic E-state index is -1.06. The van der Waals surface area contributed by atoms with Crippen molar-refractivity contribution in [1.29, 1.82) is 0 Å². The maximum Gasteiger partial charge on any atom is 0.330 e. The van der Waals surface area contributed by atoms with Crippen LogP contribution in [0.3, 0.4) is 0 Å². The van der Waals surface area contributed by atoms with E-state index in [1.54, 1.807) is 19.2 Å². The number of aryl methyl sites for hydroxylation is 1. The third kappa shape index (κ3) is 4.35. The largest absolute Gasteiger partial charge is 0.479 e. The fourth-order valence-electron chi connectivity index (χ4n) is 1.97. The van der Waals surface area contributed by atoms with Crippen molar-refractivity contribution in [2.45, 2.75) is 32.7 Å². The summed E-state index contributed by atoms with van der Waals surface area (Å²) in [6.45, 7) is 4.25. The fourth-order valence-corrected chi connectivity index (χ4v) is 1.97. The van der Waals surface area contributed by atoms with Crippen molar-refractivity contribution in [3.63, 3.8) is 0 Å². The van der Waals surface area contributed by atoms with E-state index in [4.69, 9.17) is 4.74 Å². The van der Waals surface area contributed by atoms with E-state index in [0.29, 0.717) is 18.6 Å². The maximum atomic E-state index is 11.8. The normalized spacial score (nSPS) is 11.9. The molecule has 20 heavy (non-hydrogen) atoms. The molecule has 0 spiro atoms. The van der Waals surface area contributed by atoms with Crippen LogP contribution in [0.2, 0.25) is 0 Å². The average molecular weight is 279 g/mol. The summed E-state index contributed by atoms with van der Waals surface area (Å²) in [6.07, 6.45) is 0.823. The van der Waals surface area contributed by atoms with Gasteiger partial charge in [-0.25, -0.2) is 4.79 Å². The number of hydrogen-bond acceptors (Lipinski definition) is 3. The highest BCUT2D eigenvalue weighted by atomic mass is 16.5. The van der Waals surface area contributed by atoms with Crippen LogP contribution in [0.25, 0.3) is 0 Å². The molecule has 0 aromatic heterocycles. The third-order valence-electron chi connectivity index (χ3n) is 3.26. The van der Waals surface area contributed by atoms with E-state index >= 15 is 0 Å². The number of benzene rings is 1. The minimum Gasteiger partial charge on any atom is -0.479 e. The molecule has 0 bridgehead atoms. The molecule has 0 saturated carbocycles. The highest BCUT2D eigenvalue weighted by molar-refractivity contribution is 5.84. The van der Waals surface area contributed by atoms with Gasteiger partial charge in [-0.15, -0.1) is 0 Å². The summed E-state index contributed by atoms with van der Waals surface area (Å²) in [5, 5.41) is 11.9. The number of hydrogen-bond donors (Lipinski definition) is 2. The number of carbonyl (C=O) groups excluding carboxylic acids is 1. The summed E-state index contributed by atoms with van der Waals surface area (Å²) in [4.78, 5) is 23.2. The Morgan fingerprint density at radius 2 is 2.05 bits per heavy atom. The first-order chi connectivity index (χ1) is 9.47. The standard InChI is InChI=1S/C15H21NO4/c1-10-6-4-7-12(11(10)2)14(15(18)19)16-13(17)8-5-9-20-3/h4,6-7,14H,5,8-9H2,1-3H3,(H,16,17)(H,18,19). The molecule has 110 valence electrons. The molecule has 1 aromatic carbocycles. The van der Waals surface area contributed by atoms with Gasteiger partial charge in [0.2, 0.25) is 5.91 Å².